The minimum Gasteiger partial charge on any atom is -0.493 e. The quantitative estimate of drug-likeness (QED) is 0.781. The Kier molecular flexibility index (Phi) is 5.71. The molecule has 2 unspecified atom stereocenters. The topological polar surface area (TPSA) is 80.7 Å². The van der Waals surface area contributed by atoms with Gasteiger partial charge >= 0.3 is 0 Å². The third kappa shape index (κ3) is 3.54. The summed E-state index contributed by atoms with van der Waals surface area (Å²) in [5, 5.41) is 4.62. The van der Waals surface area contributed by atoms with E-state index in [0.29, 0.717) is 25.3 Å². The van der Waals surface area contributed by atoms with Gasteiger partial charge in [0.2, 0.25) is 5.91 Å². The third-order valence-corrected chi connectivity index (χ3v) is 6.32. The predicted molar refractivity (Wildman–Crippen MR) is 113 cm³/mol. The van der Waals surface area contributed by atoms with Crippen LogP contribution in [0.5, 0.6) is 11.5 Å². The van der Waals surface area contributed by atoms with Gasteiger partial charge in [-0.25, -0.2) is 10.9 Å². The number of nitrogens with zero attached hydrogens (tertiary/aromatic N) is 3. The van der Waals surface area contributed by atoms with Crippen molar-refractivity contribution in [1.29, 1.82) is 0 Å². The Morgan fingerprint density at radius 1 is 1.17 bits per heavy atom. The summed E-state index contributed by atoms with van der Waals surface area (Å²) in [6.45, 7) is 8.36. The molecule has 1 aromatic heterocycles. The van der Waals surface area contributed by atoms with Gasteiger partial charge in [-0.1, -0.05) is 0 Å². The second-order valence-electron chi connectivity index (χ2n) is 8.02. The maximum Gasteiger partial charge on any atom is 0.241 e. The number of fused-ring (bicyclic) bond motifs is 1. The van der Waals surface area contributed by atoms with E-state index in [1.165, 1.54) is 11.1 Å². The van der Waals surface area contributed by atoms with Gasteiger partial charge in [-0.3, -0.25) is 9.48 Å². The number of hydrogen-bond acceptors (Lipinski definition) is 6. The van der Waals surface area contributed by atoms with Gasteiger partial charge < -0.3 is 14.4 Å². The fourth-order valence-corrected chi connectivity index (χ4v) is 4.72. The van der Waals surface area contributed by atoms with Crippen LogP contribution in [-0.4, -0.2) is 47.4 Å². The van der Waals surface area contributed by atoms with Crippen molar-refractivity contribution in [1.82, 2.24) is 25.5 Å². The molecule has 1 aromatic carbocycles. The fraction of sp³-hybridized carbons (Fsp3) is 0.545. The van der Waals surface area contributed by atoms with Crippen LogP contribution in [0.4, 0.5) is 0 Å². The standard InChI is InChI=1S/C22H31N5O3/c1-6-27-14(3)21(13(2)25-27)17-11-18(24-23-17)22(28)26-8-7-15-9-19(29-4)20(30-5)10-16(15)12-26/h9-10,17-18,23-24H,6-8,11-12H2,1-5H3. The molecule has 0 aliphatic carbocycles. The van der Waals surface area contributed by atoms with Gasteiger partial charge in [0.1, 0.15) is 6.04 Å². The first-order chi connectivity index (χ1) is 14.5. The van der Waals surface area contributed by atoms with Crippen molar-refractivity contribution < 1.29 is 14.3 Å². The number of hydrazine groups is 1. The molecule has 162 valence electrons. The second-order valence-corrected chi connectivity index (χ2v) is 8.02. The molecule has 0 spiro atoms. The molecule has 0 saturated carbocycles. The Morgan fingerprint density at radius 3 is 2.50 bits per heavy atom. The molecule has 2 atom stereocenters. The Balaban J connectivity index is 1.47. The van der Waals surface area contributed by atoms with E-state index in [1.807, 2.05) is 28.6 Å². The number of benzene rings is 1. The van der Waals surface area contributed by atoms with Crippen LogP contribution in [0.1, 0.15) is 47.5 Å². The number of methoxy groups -OCH3 is 2. The first-order valence-corrected chi connectivity index (χ1v) is 10.5. The number of carbonyl (C=O) groups is 1. The minimum atomic E-state index is -0.250. The van der Waals surface area contributed by atoms with Crippen LogP contribution in [0.2, 0.25) is 0 Å². The molecule has 0 bridgehead atoms. The van der Waals surface area contributed by atoms with Crippen LogP contribution in [-0.2, 0) is 24.3 Å². The number of carbonyl (C=O) groups excluding carboxylic acids is 1. The van der Waals surface area contributed by atoms with E-state index in [9.17, 15) is 4.79 Å². The van der Waals surface area contributed by atoms with E-state index in [2.05, 4.69) is 29.8 Å². The van der Waals surface area contributed by atoms with Crippen molar-refractivity contribution in [3.63, 3.8) is 0 Å². The number of hydrogen-bond donors (Lipinski definition) is 2. The molecule has 8 heteroatoms. The number of amides is 1. The molecule has 4 rings (SSSR count). The third-order valence-electron chi connectivity index (χ3n) is 6.32. The average Bonchev–Trinajstić information content (AvgIpc) is 3.35. The molecule has 2 aliphatic heterocycles. The lowest BCUT2D eigenvalue weighted by molar-refractivity contribution is -0.134. The highest BCUT2D eigenvalue weighted by molar-refractivity contribution is 5.82. The van der Waals surface area contributed by atoms with Crippen molar-refractivity contribution in [3.8, 4) is 11.5 Å². The lowest BCUT2D eigenvalue weighted by Crippen LogP contribution is -2.47. The zero-order valence-electron chi connectivity index (χ0n) is 18.4. The van der Waals surface area contributed by atoms with Crippen LogP contribution >= 0.6 is 0 Å². The largest absolute Gasteiger partial charge is 0.493 e. The van der Waals surface area contributed by atoms with E-state index in [-0.39, 0.29) is 18.0 Å². The zero-order valence-corrected chi connectivity index (χ0v) is 18.4. The molecule has 30 heavy (non-hydrogen) atoms. The highest BCUT2D eigenvalue weighted by atomic mass is 16.5. The summed E-state index contributed by atoms with van der Waals surface area (Å²) in [5.74, 6) is 1.56. The van der Waals surface area contributed by atoms with Crippen LogP contribution < -0.4 is 20.3 Å². The Labute approximate surface area is 177 Å². The summed E-state index contributed by atoms with van der Waals surface area (Å²) in [6, 6.07) is 3.85. The predicted octanol–water partition coefficient (Wildman–Crippen LogP) is 2.03. The maximum atomic E-state index is 13.2. The monoisotopic (exact) mass is 413 g/mol. The average molecular weight is 414 g/mol. The number of aromatic nitrogens is 2. The lowest BCUT2D eigenvalue weighted by atomic mass is 9.96. The molecule has 2 aromatic rings. The van der Waals surface area contributed by atoms with Gasteiger partial charge in [0.15, 0.2) is 11.5 Å². The molecule has 2 N–H and O–H groups in total. The van der Waals surface area contributed by atoms with E-state index < -0.39 is 0 Å². The maximum absolute atomic E-state index is 13.2. The van der Waals surface area contributed by atoms with E-state index in [4.69, 9.17) is 9.47 Å². The molecule has 8 nitrogen and oxygen atoms in total. The van der Waals surface area contributed by atoms with Crippen molar-refractivity contribution in [2.45, 2.75) is 58.8 Å². The smallest absolute Gasteiger partial charge is 0.241 e. The van der Waals surface area contributed by atoms with E-state index in [1.54, 1.807) is 14.2 Å². The lowest BCUT2D eigenvalue weighted by Gasteiger charge is -2.31. The summed E-state index contributed by atoms with van der Waals surface area (Å²) >= 11 is 0. The number of aryl methyl sites for hydroxylation is 2. The summed E-state index contributed by atoms with van der Waals surface area (Å²) in [7, 11) is 3.28. The first kappa shape index (κ1) is 20.7. The molecule has 1 saturated heterocycles. The van der Waals surface area contributed by atoms with Crippen molar-refractivity contribution in [3.05, 3.63) is 40.2 Å². The summed E-state index contributed by atoms with van der Waals surface area (Å²) in [4.78, 5) is 15.2. The number of rotatable bonds is 5. The summed E-state index contributed by atoms with van der Waals surface area (Å²) < 4.78 is 12.9. The van der Waals surface area contributed by atoms with Gasteiger partial charge in [0, 0.05) is 30.9 Å². The van der Waals surface area contributed by atoms with Crippen LogP contribution in [0.25, 0.3) is 0 Å². The van der Waals surface area contributed by atoms with E-state index in [0.717, 1.165) is 35.7 Å². The molecule has 0 radical (unpaired) electrons. The fourth-order valence-electron chi connectivity index (χ4n) is 4.72. The van der Waals surface area contributed by atoms with Crippen LogP contribution in [0.3, 0.4) is 0 Å². The molecule has 3 heterocycles. The van der Waals surface area contributed by atoms with Crippen LogP contribution in [0.15, 0.2) is 12.1 Å². The number of nitrogens with one attached hydrogen (secondary N) is 2. The van der Waals surface area contributed by atoms with Gasteiger partial charge in [0.05, 0.1) is 26.0 Å². The number of ether oxygens (including phenoxy) is 2. The molecule has 2 aliphatic rings. The summed E-state index contributed by atoms with van der Waals surface area (Å²) in [5.41, 5.74) is 12.3. The van der Waals surface area contributed by atoms with Crippen molar-refractivity contribution in [2.75, 3.05) is 20.8 Å². The second kappa shape index (κ2) is 8.28. The van der Waals surface area contributed by atoms with Crippen molar-refractivity contribution >= 4 is 5.91 Å². The van der Waals surface area contributed by atoms with Gasteiger partial charge in [-0.2, -0.15) is 5.10 Å². The van der Waals surface area contributed by atoms with Gasteiger partial charge in [0.25, 0.3) is 0 Å². The molecule has 1 amide bonds. The molecule has 1 fully saturated rings. The normalized spacial score (nSPS) is 20.9. The van der Waals surface area contributed by atoms with Crippen LogP contribution in [0, 0.1) is 13.8 Å². The minimum absolute atomic E-state index is 0.0840. The molecular weight excluding hydrogens is 382 g/mol. The van der Waals surface area contributed by atoms with Gasteiger partial charge in [-0.05, 0) is 56.9 Å². The Bertz CT molecular complexity index is 955. The Hall–Kier alpha value is -2.58. The zero-order chi connectivity index (χ0) is 21.4. The first-order valence-electron chi connectivity index (χ1n) is 10.5. The summed E-state index contributed by atoms with van der Waals surface area (Å²) in [6.07, 6.45) is 1.53. The highest BCUT2D eigenvalue weighted by Gasteiger charge is 2.36. The van der Waals surface area contributed by atoms with E-state index >= 15 is 0 Å². The molecular formula is C22H31N5O3. The Morgan fingerprint density at radius 2 is 1.87 bits per heavy atom. The highest BCUT2D eigenvalue weighted by Crippen LogP contribution is 2.34. The SMILES string of the molecule is CCn1nc(C)c(C2CC(C(=O)N3CCc4cc(OC)c(OC)cc4C3)NN2)c1C. The van der Waals surface area contributed by atoms with Crippen molar-refractivity contribution in [2.24, 2.45) is 0 Å². The van der Waals surface area contributed by atoms with Gasteiger partial charge in [-0.15, -0.1) is 0 Å².